The van der Waals surface area contributed by atoms with Crippen molar-refractivity contribution in [2.75, 3.05) is 38.0 Å². The minimum Gasteiger partial charge on any atom is -0.322 e. The first kappa shape index (κ1) is 14.3. The minimum atomic E-state index is -0.695. The number of urea groups is 1. The largest absolute Gasteiger partial charge is 0.322 e. The zero-order valence-electron chi connectivity index (χ0n) is 11.8. The molecule has 0 aromatic heterocycles. The van der Waals surface area contributed by atoms with Crippen LogP contribution in [0.2, 0.25) is 0 Å². The average Bonchev–Trinajstić information content (AvgIpc) is 3.22. The predicted molar refractivity (Wildman–Crippen MR) is 76.1 cm³/mol. The molecule has 21 heavy (non-hydrogen) atoms. The van der Waals surface area contributed by atoms with Gasteiger partial charge in [-0.05, 0) is 30.9 Å². The highest BCUT2D eigenvalue weighted by Crippen LogP contribution is 2.29. The van der Waals surface area contributed by atoms with Gasteiger partial charge in [0.2, 0.25) is 0 Å². The third kappa shape index (κ3) is 3.91. The lowest BCUT2D eigenvalue weighted by Crippen LogP contribution is -2.50. The molecule has 1 saturated carbocycles. The number of benzene rings is 1. The number of hydrogen-bond acceptors (Lipinski definition) is 2. The maximum atomic E-state index is 13.1. The van der Waals surface area contributed by atoms with Crippen molar-refractivity contribution in [3.05, 3.63) is 29.8 Å². The van der Waals surface area contributed by atoms with Gasteiger partial charge in [0.15, 0.2) is 0 Å². The highest BCUT2D eigenvalue weighted by molar-refractivity contribution is 5.89. The van der Waals surface area contributed by atoms with E-state index in [1.807, 2.05) is 0 Å². The number of piperazine rings is 1. The van der Waals surface area contributed by atoms with E-state index >= 15 is 0 Å². The van der Waals surface area contributed by atoms with Crippen LogP contribution >= 0.6 is 0 Å². The van der Waals surface area contributed by atoms with Crippen molar-refractivity contribution in [1.82, 2.24) is 9.80 Å². The molecule has 2 aliphatic rings. The summed E-state index contributed by atoms with van der Waals surface area (Å²) in [5.74, 6) is -0.542. The summed E-state index contributed by atoms with van der Waals surface area (Å²) in [6.45, 7) is 4.15. The number of rotatable bonds is 3. The Hall–Kier alpha value is -1.69. The average molecular weight is 295 g/mol. The predicted octanol–water partition coefficient (Wildman–Crippen LogP) is 2.52. The van der Waals surface area contributed by atoms with Crippen molar-refractivity contribution < 1.29 is 13.6 Å². The third-order valence-corrected chi connectivity index (χ3v) is 3.99. The second-order valence-electron chi connectivity index (χ2n) is 5.82. The molecular formula is C15H19F2N3O. The van der Waals surface area contributed by atoms with Gasteiger partial charge >= 0.3 is 6.03 Å². The maximum Gasteiger partial charge on any atom is 0.321 e. The normalized spacial score (nSPS) is 19.6. The molecule has 0 atom stereocenters. The van der Waals surface area contributed by atoms with Gasteiger partial charge in [-0.2, -0.15) is 0 Å². The van der Waals surface area contributed by atoms with E-state index in [1.165, 1.54) is 12.8 Å². The van der Waals surface area contributed by atoms with E-state index in [2.05, 4.69) is 10.2 Å². The molecule has 1 heterocycles. The zero-order valence-corrected chi connectivity index (χ0v) is 11.8. The fraction of sp³-hybridized carbons (Fsp3) is 0.533. The summed E-state index contributed by atoms with van der Waals surface area (Å²) in [7, 11) is 0. The molecule has 6 heteroatoms. The van der Waals surface area contributed by atoms with Crippen LogP contribution < -0.4 is 5.32 Å². The Labute approximate surface area is 122 Å². The summed E-state index contributed by atoms with van der Waals surface area (Å²) < 4.78 is 26.2. The fourth-order valence-electron chi connectivity index (χ4n) is 2.63. The third-order valence-electron chi connectivity index (χ3n) is 3.99. The lowest BCUT2D eigenvalue weighted by atomic mass is 10.3. The quantitative estimate of drug-likeness (QED) is 0.930. The van der Waals surface area contributed by atoms with Crippen LogP contribution in [0.1, 0.15) is 12.8 Å². The number of hydrogen-bond donors (Lipinski definition) is 1. The topological polar surface area (TPSA) is 35.6 Å². The summed E-state index contributed by atoms with van der Waals surface area (Å²) >= 11 is 0. The second-order valence-corrected chi connectivity index (χ2v) is 5.82. The van der Waals surface area contributed by atoms with Crippen molar-refractivity contribution in [1.29, 1.82) is 0 Å². The van der Waals surface area contributed by atoms with E-state index in [0.717, 1.165) is 43.8 Å². The van der Waals surface area contributed by atoms with Crippen LogP contribution in [0, 0.1) is 17.6 Å². The summed E-state index contributed by atoms with van der Waals surface area (Å²) in [5, 5.41) is 2.55. The first-order valence-corrected chi connectivity index (χ1v) is 7.34. The Morgan fingerprint density at radius 1 is 1.10 bits per heavy atom. The molecule has 1 N–H and O–H groups in total. The van der Waals surface area contributed by atoms with Gasteiger partial charge < -0.3 is 10.2 Å². The summed E-state index contributed by atoms with van der Waals surface area (Å²) in [6, 6.07) is 2.71. The van der Waals surface area contributed by atoms with Gasteiger partial charge in [-0.15, -0.1) is 0 Å². The Balaban J connectivity index is 1.51. The number of halogens is 2. The maximum absolute atomic E-state index is 13.1. The van der Waals surface area contributed by atoms with Gasteiger partial charge in [-0.3, -0.25) is 4.90 Å². The van der Waals surface area contributed by atoms with Crippen molar-refractivity contribution in [3.8, 4) is 0 Å². The van der Waals surface area contributed by atoms with Gasteiger partial charge in [0.05, 0.1) is 0 Å². The number of anilines is 1. The highest BCUT2D eigenvalue weighted by atomic mass is 19.1. The first-order valence-electron chi connectivity index (χ1n) is 7.34. The van der Waals surface area contributed by atoms with E-state index in [9.17, 15) is 13.6 Å². The van der Waals surface area contributed by atoms with Gasteiger partial charge in [0, 0.05) is 44.5 Å². The fourth-order valence-corrected chi connectivity index (χ4v) is 2.63. The lowest BCUT2D eigenvalue weighted by Gasteiger charge is -2.34. The molecule has 0 unspecified atom stereocenters. The molecule has 1 saturated heterocycles. The molecule has 1 aromatic carbocycles. The van der Waals surface area contributed by atoms with Gasteiger partial charge in [-0.1, -0.05) is 0 Å². The molecule has 114 valence electrons. The number of nitrogens with one attached hydrogen (secondary N) is 1. The number of carbonyl (C=O) groups excluding carboxylic acids is 1. The number of amides is 2. The molecule has 2 fully saturated rings. The van der Waals surface area contributed by atoms with E-state index in [4.69, 9.17) is 0 Å². The molecule has 4 nitrogen and oxygen atoms in total. The molecule has 0 bridgehead atoms. The second kappa shape index (κ2) is 5.97. The SMILES string of the molecule is O=C(Nc1cc(F)cc(F)c1)N1CCN(CC2CC2)CC1. The summed E-state index contributed by atoms with van der Waals surface area (Å²) in [6.07, 6.45) is 2.65. The molecule has 2 amide bonds. The molecule has 1 aliphatic heterocycles. The van der Waals surface area contributed by atoms with Crippen LogP contribution in [0.25, 0.3) is 0 Å². The zero-order chi connectivity index (χ0) is 14.8. The Kier molecular flexibility index (Phi) is 4.05. The molecule has 1 aromatic rings. The molecule has 0 radical (unpaired) electrons. The van der Waals surface area contributed by atoms with E-state index in [-0.39, 0.29) is 11.7 Å². The van der Waals surface area contributed by atoms with E-state index in [0.29, 0.717) is 13.1 Å². The first-order chi connectivity index (χ1) is 10.1. The van der Waals surface area contributed by atoms with Gasteiger partial charge in [-0.25, -0.2) is 13.6 Å². The van der Waals surface area contributed by atoms with Crippen LogP contribution in [0.5, 0.6) is 0 Å². The van der Waals surface area contributed by atoms with Crippen molar-refractivity contribution in [2.24, 2.45) is 5.92 Å². The van der Waals surface area contributed by atoms with Crippen molar-refractivity contribution in [3.63, 3.8) is 0 Å². The number of carbonyl (C=O) groups is 1. The Morgan fingerprint density at radius 3 is 2.29 bits per heavy atom. The molecule has 3 rings (SSSR count). The molecule has 0 spiro atoms. The van der Waals surface area contributed by atoms with E-state index in [1.54, 1.807) is 4.90 Å². The smallest absolute Gasteiger partial charge is 0.321 e. The van der Waals surface area contributed by atoms with Gasteiger partial charge in [0.25, 0.3) is 0 Å². The Bertz CT molecular complexity index is 505. The van der Waals surface area contributed by atoms with Crippen LogP contribution in [-0.4, -0.2) is 48.6 Å². The Morgan fingerprint density at radius 2 is 1.71 bits per heavy atom. The van der Waals surface area contributed by atoms with Crippen LogP contribution in [0.4, 0.5) is 19.3 Å². The van der Waals surface area contributed by atoms with Crippen LogP contribution in [-0.2, 0) is 0 Å². The van der Waals surface area contributed by atoms with E-state index < -0.39 is 11.6 Å². The molecular weight excluding hydrogens is 276 g/mol. The standard InChI is InChI=1S/C15H19F2N3O/c16-12-7-13(17)9-14(8-12)18-15(21)20-5-3-19(4-6-20)10-11-1-2-11/h7-9,11H,1-6,10H2,(H,18,21). The number of nitrogens with zero attached hydrogens (tertiary/aromatic N) is 2. The summed E-state index contributed by atoms with van der Waals surface area (Å²) in [5.41, 5.74) is 0.151. The monoisotopic (exact) mass is 295 g/mol. The van der Waals surface area contributed by atoms with Crippen molar-refractivity contribution in [2.45, 2.75) is 12.8 Å². The van der Waals surface area contributed by atoms with Crippen LogP contribution in [0.15, 0.2) is 18.2 Å². The van der Waals surface area contributed by atoms with Gasteiger partial charge in [0.1, 0.15) is 11.6 Å². The lowest BCUT2D eigenvalue weighted by molar-refractivity contribution is 0.144. The molecule has 1 aliphatic carbocycles. The van der Waals surface area contributed by atoms with Crippen molar-refractivity contribution >= 4 is 11.7 Å². The highest BCUT2D eigenvalue weighted by Gasteiger charge is 2.27. The summed E-state index contributed by atoms with van der Waals surface area (Å²) in [4.78, 5) is 16.1. The van der Waals surface area contributed by atoms with Crippen LogP contribution in [0.3, 0.4) is 0 Å². The minimum absolute atomic E-state index is 0.151.